The van der Waals surface area contributed by atoms with E-state index in [1.54, 1.807) is 0 Å². The highest BCUT2D eigenvalue weighted by Gasteiger charge is 2.47. The van der Waals surface area contributed by atoms with Crippen molar-refractivity contribution >= 4 is 16.1 Å². The molecule has 8 rings (SSSR count). The van der Waals surface area contributed by atoms with Crippen LogP contribution in [-0.2, 0) is 38.4 Å². The van der Waals surface area contributed by atoms with Crippen molar-refractivity contribution < 1.29 is 41.6 Å². The van der Waals surface area contributed by atoms with Gasteiger partial charge in [0.1, 0.15) is 6.10 Å². The number of nitrogens with one attached hydrogen (secondary N) is 2. The number of fused-ring (bicyclic) bond motifs is 2. The second kappa shape index (κ2) is 26.8. The Morgan fingerprint density at radius 2 is 1.08 bits per heavy atom. The third-order valence-electron chi connectivity index (χ3n) is 15.3. The molecule has 0 spiro atoms. The summed E-state index contributed by atoms with van der Waals surface area (Å²) in [6.07, 6.45) is 13.5. The van der Waals surface area contributed by atoms with Crippen LogP contribution in [0.3, 0.4) is 0 Å². The Bertz CT molecular complexity index is 1410. The maximum absolute atomic E-state index is 10.9. The molecule has 8 aliphatic rings. The number of hydrogen-bond donors (Lipinski definition) is 2. The van der Waals surface area contributed by atoms with Crippen LogP contribution in [0.1, 0.15) is 182 Å². The number of amides is 1. The van der Waals surface area contributed by atoms with Gasteiger partial charge in [-0.15, -0.1) is 0 Å². The minimum atomic E-state index is -2.90. The van der Waals surface area contributed by atoms with Gasteiger partial charge in [0, 0.05) is 6.54 Å². The van der Waals surface area contributed by atoms with Crippen LogP contribution in [-0.4, -0.2) is 95.1 Å². The fourth-order valence-electron chi connectivity index (χ4n) is 10.3. The van der Waals surface area contributed by atoms with Gasteiger partial charge in [-0.2, -0.15) is 0 Å². The van der Waals surface area contributed by atoms with E-state index in [1.807, 2.05) is 13.8 Å². The lowest BCUT2D eigenvalue weighted by Gasteiger charge is -2.36. The summed E-state index contributed by atoms with van der Waals surface area (Å²) >= 11 is 0. The molecule has 6 unspecified atom stereocenters. The van der Waals surface area contributed by atoms with E-state index in [2.05, 4.69) is 114 Å². The van der Waals surface area contributed by atoms with E-state index in [1.165, 1.54) is 51.4 Å². The molecule has 2 N–H and O–H groups in total. The Labute approximate surface area is 399 Å². The maximum Gasteiger partial charge on any atom is 0.407 e. The van der Waals surface area contributed by atoms with Gasteiger partial charge in [-0.3, -0.25) is 0 Å². The van der Waals surface area contributed by atoms with Crippen LogP contribution in [0.15, 0.2) is 0 Å². The van der Waals surface area contributed by atoms with Crippen molar-refractivity contribution in [3.8, 4) is 0 Å². The first-order valence-corrected chi connectivity index (χ1v) is 27.9. The third-order valence-corrected chi connectivity index (χ3v) is 16.7. The average Bonchev–Trinajstić information content (AvgIpc) is 3.97. The van der Waals surface area contributed by atoms with Crippen molar-refractivity contribution in [2.75, 3.05) is 38.7 Å². The predicted octanol–water partition coefficient (Wildman–Crippen LogP) is 11.7. The van der Waals surface area contributed by atoms with Crippen LogP contribution in [0.2, 0.25) is 0 Å². The van der Waals surface area contributed by atoms with Crippen molar-refractivity contribution in [3.05, 3.63) is 0 Å². The van der Waals surface area contributed by atoms with Gasteiger partial charge in [0.2, 0.25) is 10.0 Å². The van der Waals surface area contributed by atoms with Gasteiger partial charge in [-0.1, -0.05) is 90.0 Å². The van der Waals surface area contributed by atoms with Crippen molar-refractivity contribution in [2.45, 2.75) is 224 Å². The van der Waals surface area contributed by atoms with E-state index in [4.69, 9.17) is 28.4 Å². The monoisotopic (exact) mass is 943 g/mol. The third kappa shape index (κ3) is 21.3. The van der Waals surface area contributed by atoms with Gasteiger partial charge in [0.25, 0.3) is 0 Å². The molecule has 5 heterocycles. The Morgan fingerprint density at radius 3 is 1.42 bits per heavy atom. The molecular formula is C53H102N2O9S. The smallest absolute Gasteiger partial charge is 0.407 e. The highest BCUT2D eigenvalue weighted by molar-refractivity contribution is 7.89. The second-order valence-corrected chi connectivity index (χ2v) is 26.1. The average molecular weight is 943 g/mol. The SMILES string of the molecule is CC(C)C1CC2OCCOC2C1.CC(C)C1CCC(C)(C)OC1.CC(C)C1CCS(=O)(=O)NC1.CC(C)C1C[C@@H]2OC(C)(C)O[C@@H]2C1.CC(C)CC1CNC(=O)O1.CC1CC(C(C)C)C1. The lowest BCUT2D eigenvalue weighted by molar-refractivity contribution is -0.154. The van der Waals surface area contributed by atoms with Crippen molar-refractivity contribution in [1.29, 1.82) is 0 Å². The summed E-state index contributed by atoms with van der Waals surface area (Å²) in [7, 11) is -2.90. The molecule has 12 heteroatoms. The molecule has 3 aliphatic carbocycles. The van der Waals surface area contributed by atoms with Crippen molar-refractivity contribution in [2.24, 2.45) is 71.0 Å². The summed E-state index contributed by atoms with van der Waals surface area (Å²) < 4.78 is 58.0. The predicted molar refractivity (Wildman–Crippen MR) is 265 cm³/mol. The number of cyclic esters (lactones) is 1. The second-order valence-electron chi connectivity index (χ2n) is 24.2. The molecule has 11 nitrogen and oxygen atoms in total. The van der Waals surface area contributed by atoms with E-state index in [0.29, 0.717) is 61.0 Å². The molecule has 8 atom stereocenters. The van der Waals surface area contributed by atoms with Crippen LogP contribution in [0.25, 0.3) is 0 Å². The Morgan fingerprint density at radius 1 is 0.615 bits per heavy atom. The Balaban J connectivity index is 0.000000208. The van der Waals surface area contributed by atoms with Crippen molar-refractivity contribution in [3.63, 3.8) is 0 Å². The molecular weight excluding hydrogens is 841 g/mol. The van der Waals surface area contributed by atoms with Crippen LogP contribution >= 0.6 is 0 Å². The summed E-state index contributed by atoms with van der Waals surface area (Å²) in [5, 5.41) is 2.61. The highest BCUT2D eigenvalue weighted by Crippen LogP contribution is 2.43. The van der Waals surface area contributed by atoms with Crippen LogP contribution in [0, 0.1) is 71.0 Å². The summed E-state index contributed by atoms with van der Waals surface area (Å²) in [6, 6.07) is 0. The van der Waals surface area contributed by atoms with E-state index in [0.717, 1.165) is 85.9 Å². The molecule has 5 saturated heterocycles. The highest BCUT2D eigenvalue weighted by atomic mass is 32.2. The first kappa shape index (κ1) is 58.3. The molecule has 65 heavy (non-hydrogen) atoms. The fourth-order valence-corrected chi connectivity index (χ4v) is 11.5. The molecule has 3 saturated carbocycles. The Kier molecular flexibility index (Phi) is 24.1. The number of alkyl carbamates (subject to hydrolysis) is 1. The number of sulfonamides is 1. The summed E-state index contributed by atoms with van der Waals surface area (Å²) in [5.41, 5.74) is 0.144. The lowest BCUT2D eigenvalue weighted by Crippen LogP contribution is -2.39. The molecule has 0 aromatic carbocycles. The number of carbonyl (C=O) groups is 1. The van der Waals surface area contributed by atoms with Gasteiger partial charge >= 0.3 is 6.09 Å². The zero-order valence-corrected chi connectivity index (χ0v) is 45.5. The number of hydrogen-bond acceptors (Lipinski definition) is 9. The summed E-state index contributed by atoms with van der Waals surface area (Å²) in [5.74, 6) is 9.43. The molecule has 8 fully saturated rings. The molecule has 1 amide bonds. The first-order chi connectivity index (χ1) is 30.2. The summed E-state index contributed by atoms with van der Waals surface area (Å²) in [4.78, 5) is 10.5. The van der Waals surface area contributed by atoms with E-state index < -0.39 is 10.0 Å². The largest absolute Gasteiger partial charge is 0.444 e. The molecule has 0 radical (unpaired) electrons. The Hall–Kier alpha value is -1.02. The van der Waals surface area contributed by atoms with E-state index in [-0.39, 0.29) is 23.6 Å². The number of carbonyl (C=O) groups excluding carboxylic acids is 1. The van der Waals surface area contributed by atoms with Crippen LogP contribution < -0.4 is 10.0 Å². The molecule has 384 valence electrons. The zero-order valence-electron chi connectivity index (χ0n) is 44.7. The number of rotatable bonds is 7. The number of ether oxygens (including phenoxy) is 6. The normalized spacial score (nSPS) is 35.1. The van der Waals surface area contributed by atoms with Gasteiger partial charge in [-0.05, 0) is 163 Å². The summed E-state index contributed by atoms with van der Waals surface area (Å²) in [6.45, 7) is 41.5. The van der Waals surface area contributed by atoms with E-state index in [9.17, 15) is 13.2 Å². The zero-order chi connectivity index (χ0) is 48.9. The van der Waals surface area contributed by atoms with Crippen LogP contribution in [0.4, 0.5) is 4.79 Å². The minimum absolute atomic E-state index is 0.104. The fraction of sp³-hybridized carbons (Fsp3) is 0.981. The molecule has 0 aromatic heterocycles. The van der Waals surface area contributed by atoms with Crippen LogP contribution in [0.5, 0.6) is 0 Å². The van der Waals surface area contributed by atoms with Gasteiger partial charge in [0.15, 0.2) is 5.79 Å². The van der Waals surface area contributed by atoms with E-state index >= 15 is 0 Å². The topological polar surface area (TPSA) is 131 Å². The molecule has 5 aliphatic heterocycles. The maximum atomic E-state index is 10.9. The standard InChI is InChI=1S/C11H20O2.C10H18O2.C10H20O.C8H16.C7H15NO2S.C7H13NO2/c1-7(2)8-5-9-10(6-8)13-11(3,4)12-9;1-7(2)8-5-9-10(6-8)12-4-3-11-9;1-8(2)9-5-6-10(3,4)11-7-9;1-6(2)8-4-7(3)5-8;1-6(2)7-3-4-11(9,10)8-5-7;1-5(2)3-6-4-8-7(9)10-6/h7-10H,5-6H2,1-4H3;7-10H,3-6H2,1-2H3;8-9H,5-7H2,1-4H3;6-8H,4-5H2,1-3H3;6-8H,3-5H2,1-2H3;5-6H,3-4H2,1-2H3,(H,8,9)/t8?,9-,10+;;;;;. The molecule has 0 aromatic rings. The first-order valence-electron chi connectivity index (χ1n) is 26.3. The van der Waals surface area contributed by atoms with Gasteiger partial charge < -0.3 is 33.7 Å². The van der Waals surface area contributed by atoms with Gasteiger partial charge in [-0.25, -0.2) is 17.9 Å². The van der Waals surface area contributed by atoms with Crippen molar-refractivity contribution in [1.82, 2.24) is 10.0 Å². The molecule has 0 bridgehead atoms. The lowest BCUT2D eigenvalue weighted by atomic mass is 9.71. The quantitative estimate of drug-likeness (QED) is 0.256. The van der Waals surface area contributed by atoms with Gasteiger partial charge in [0.05, 0.1) is 62.1 Å². The minimum Gasteiger partial charge on any atom is -0.444 e.